The average molecular weight is 344 g/mol. The van der Waals surface area contributed by atoms with Crippen molar-refractivity contribution in [2.75, 3.05) is 5.73 Å². The predicted molar refractivity (Wildman–Crippen MR) is 91.3 cm³/mol. The molecule has 2 aromatic carbocycles. The van der Waals surface area contributed by atoms with E-state index in [4.69, 9.17) is 5.73 Å². The molecule has 1 atom stereocenters. The van der Waals surface area contributed by atoms with E-state index in [9.17, 15) is 0 Å². The number of fused-ring (bicyclic) bond motifs is 1. The highest BCUT2D eigenvalue weighted by Crippen LogP contribution is 2.27. The molecule has 1 unspecified atom stereocenters. The molecule has 0 aliphatic heterocycles. The maximum atomic E-state index is 6.11. The smallest absolute Gasteiger partial charge is 0.201 e. The van der Waals surface area contributed by atoms with Gasteiger partial charge < -0.3 is 10.3 Å². The maximum absolute atomic E-state index is 6.11. The molecule has 0 aliphatic rings. The first-order valence-corrected chi connectivity index (χ1v) is 7.91. The summed E-state index contributed by atoms with van der Waals surface area (Å²) in [5.74, 6) is 0.587. The molecule has 4 heteroatoms. The minimum atomic E-state index is 0.310. The van der Waals surface area contributed by atoms with Crippen LogP contribution in [0.4, 0.5) is 5.95 Å². The molecule has 0 amide bonds. The number of anilines is 1. The zero-order valence-corrected chi connectivity index (χ0v) is 13.5. The van der Waals surface area contributed by atoms with E-state index >= 15 is 0 Å². The Balaban J connectivity index is 1.85. The summed E-state index contributed by atoms with van der Waals surface area (Å²) in [5, 5.41) is 0. The second kappa shape index (κ2) is 5.90. The SMILES string of the molecule is CC(CCc1ccccc1)n1c(N)nc2ccc(Br)cc21. The minimum Gasteiger partial charge on any atom is -0.369 e. The Morgan fingerprint density at radius 3 is 2.71 bits per heavy atom. The molecule has 3 aromatic rings. The largest absolute Gasteiger partial charge is 0.369 e. The van der Waals surface area contributed by atoms with E-state index in [0.717, 1.165) is 28.3 Å². The van der Waals surface area contributed by atoms with E-state index in [1.807, 2.05) is 18.2 Å². The van der Waals surface area contributed by atoms with Crippen LogP contribution in [-0.2, 0) is 6.42 Å². The zero-order chi connectivity index (χ0) is 14.8. The number of aryl methyl sites for hydroxylation is 1. The number of nitrogens with zero attached hydrogens (tertiary/aromatic N) is 2. The van der Waals surface area contributed by atoms with Crippen molar-refractivity contribution >= 4 is 32.9 Å². The Bertz CT molecular complexity index is 749. The van der Waals surface area contributed by atoms with Crippen LogP contribution in [0.1, 0.15) is 24.9 Å². The van der Waals surface area contributed by atoms with Gasteiger partial charge in [-0.05, 0) is 43.5 Å². The fourth-order valence-corrected chi connectivity index (χ4v) is 3.05. The Morgan fingerprint density at radius 2 is 1.95 bits per heavy atom. The van der Waals surface area contributed by atoms with Gasteiger partial charge in [0, 0.05) is 10.5 Å². The molecular weight excluding hydrogens is 326 g/mol. The average Bonchev–Trinajstić information content (AvgIpc) is 2.81. The van der Waals surface area contributed by atoms with Gasteiger partial charge in [0.2, 0.25) is 5.95 Å². The van der Waals surface area contributed by atoms with Crippen LogP contribution >= 0.6 is 15.9 Å². The minimum absolute atomic E-state index is 0.310. The first-order valence-electron chi connectivity index (χ1n) is 7.12. The zero-order valence-electron chi connectivity index (χ0n) is 12.0. The fourth-order valence-electron chi connectivity index (χ4n) is 2.70. The summed E-state index contributed by atoms with van der Waals surface area (Å²) in [6.45, 7) is 2.20. The number of aromatic nitrogens is 2. The Morgan fingerprint density at radius 1 is 1.19 bits per heavy atom. The predicted octanol–water partition coefficient (Wildman–Crippen LogP) is 4.57. The third kappa shape index (κ3) is 2.95. The summed E-state index contributed by atoms with van der Waals surface area (Å²) in [7, 11) is 0. The van der Waals surface area contributed by atoms with Crippen molar-refractivity contribution in [1.82, 2.24) is 9.55 Å². The lowest BCUT2D eigenvalue weighted by Gasteiger charge is -2.16. The van der Waals surface area contributed by atoms with Crippen molar-refractivity contribution in [1.29, 1.82) is 0 Å². The summed E-state index contributed by atoms with van der Waals surface area (Å²) in [5.41, 5.74) is 9.50. The van der Waals surface area contributed by atoms with E-state index in [1.54, 1.807) is 0 Å². The van der Waals surface area contributed by atoms with Gasteiger partial charge in [0.25, 0.3) is 0 Å². The van der Waals surface area contributed by atoms with Crippen molar-refractivity contribution in [3.63, 3.8) is 0 Å². The summed E-state index contributed by atoms with van der Waals surface area (Å²) < 4.78 is 3.18. The number of rotatable bonds is 4. The second-order valence-electron chi connectivity index (χ2n) is 5.35. The van der Waals surface area contributed by atoms with Crippen LogP contribution in [0.5, 0.6) is 0 Å². The Kier molecular flexibility index (Phi) is 3.97. The highest BCUT2D eigenvalue weighted by molar-refractivity contribution is 9.10. The lowest BCUT2D eigenvalue weighted by atomic mass is 10.1. The van der Waals surface area contributed by atoms with Crippen LogP contribution in [0.2, 0.25) is 0 Å². The van der Waals surface area contributed by atoms with Crippen molar-refractivity contribution in [3.05, 3.63) is 58.6 Å². The summed E-state index contributed by atoms with van der Waals surface area (Å²) in [6.07, 6.45) is 2.07. The molecule has 0 radical (unpaired) electrons. The van der Waals surface area contributed by atoms with Crippen LogP contribution in [0, 0.1) is 0 Å². The fraction of sp³-hybridized carbons (Fsp3) is 0.235. The standard InChI is InChI=1S/C17H18BrN3/c1-12(7-8-13-5-3-2-4-6-13)21-16-11-14(18)9-10-15(16)20-17(21)19/h2-6,9-12H,7-8H2,1H3,(H2,19,20). The topological polar surface area (TPSA) is 43.8 Å². The van der Waals surface area contributed by atoms with E-state index in [0.29, 0.717) is 12.0 Å². The van der Waals surface area contributed by atoms with Crippen LogP contribution in [-0.4, -0.2) is 9.55 Å². The highest BCUT2D eigenvalue weighted by Gasteiger charge is 2.14. The van der Waals surface area contributed by atoms with Crippen LogP contribution in [0.25, 0.3) is 11.0 Å². The first-order chi connectivity index (χ1) is 10.1. The number of nitrogens with two attached hydrogens (primary N) is 1. The molecule has 3 rings (SSSR count). The molecule has 0 fully saturated rings. The van der Waals surface area contributed by atoms with Gasteiger partial charge >= 0.3 is 0 Å². The van der Waals surface area contributed by atoms with Crippen LogP contribution in [0.15, 0.2) is 53.0 Å². The van der Waals surface area contributed by atoms with Crippen molar-refractivity contribution in [2.24, 2.45) is 0 Å². The Labute approximate surface area is 132 Å². The number of halogens is 1. The summed E-state index contributed by atoms with van der Waals surface area (Å²) in [6, 6.07) is 16.9. The van der Waals surface area contributed by atoms with Gasteiger partial charge in [-0.25, -0.2) is 4.98 Å². The van der Waals surface area contributed by atoms with Crippen molar-refractivity contribution < 1.29 is 0 Å². The van der Waals surface area contributed by atoms with Gasteiger partial charge in [-0.15, -0.1) is 0 Å². The lowest BCUT2D eigenvalue weighted by molar-refractivity contribution is 0.525. The van der Waals surface area contributed by atoms with E-state index in [1.165, 1.54) is 5.56 Å². The molecule has 3 nitrogen and oxygen atoms in total. The number of benzene rings is 2. The van der Waals surface area contributed by atoms with Crippen LogP contribution < -0.4 is 5.73 Å². The molecule has 108 valence electrons. The van der Waals surface area contributed by atoms with E-state index in [-0.39, 0.29) is 0 Å². The van der Waals surface area contributed by atoms with Crippen molar-refractivity contribution in [2.45, 2.75) is 25.8 Å². The number of imidazole rings is 1. The number of hydrogen-bond donors (Lipinski definition) is 1. The number of nitrogen functional groups attached to an aromatic ring is 1. The van der Waals surface area contributed by atoms with Gasteiger partial charge in [0.15, 0.2) is 0 Å². The molecule has 1 aromatic heterocycles. The van der Waals surface area contributed by atoms with Gasteiger partial charge in [-0.3, -0.25) is 0 Å². The molecular formula is C17H18BrN3. The van der Waals surface area contributed by atoms with Gasteiger partial charge in [-0.2, -0.15) is 0 Å². The first kappa shape index (κ1) is 14.1. The molecule has 0 bridgehead atoms. The van der Waals surface area contributed by atoms with Gasteiger partial charge in [-0.1, -0.05) is 46.3 Å². The number of hydrogen-bond acceptors (Lipinski definition) is 2. The third-order valence-electron chi connectivity index (χ3n) is 3.81. The normalized spacial score (nSPS) is 12.7. The highest BCUT2D eigenvalue weighted by atomic mass is 79.9. The van der Waals surface area contributed by atoms with Gasteiger partial charge in [0.05, 0.1) is 11.0 Å². The quantitative estimate of drug-likeness (QED) is 0.753. The van der Waals surface area contributed by atoms with Crippen molar-refractivity contribution in [3.8, 4) is 0 Å². The summed E-state index contributed by atoms with van der Waals surface area (Å²) >= 11 is 3.52. The molecule has 0 saturated heterocycles. The molecule has 0 aliphatic carbocycles. The third-order valence-corrected chi connectivity index (χ3v) is 4.31. The monoisotopic (exact) mass is 343 g/mol. The summed E-state index contributed by atoms with van der Waals surface area (Å²) in [4.78, 5) is 4.45. The second-order valence-corrected chi connectivity index (χ2v) is 6.26. The molecule has 0 spiro atoms. The lowest BCUT2D eigenvalue weighted by Crippen LogP contribution is -2.09. The molecule has 21 heavy (non-hydrogen) atoms. The maximum Gasteiger partial charge on any atom is 0.201 e. The van der Waals surface area contributed by atoms with E-state index < -0.39 is 0 Å². The van der Waals surface area contributed by atoms with E-state index in [2.05, 4.69) is 62.7 Å². The van der Waals surface area contributed by atoms with Gasteiger partial charge in [0.1, 0.15) is 0 Å². The van der Waals surface area contributed by atoms with Crippen LogP contribution in [0.3, 0.4) is 0 Å². The molecule has 2 N–H and O–H groups in total. The Hall–Kier alpha value is -1.81. The molecule has 1 heterocycles. The molecule has 0 saturated carbocycles.